The summed E-state index contributed by atoms with van der Waals surface area (Å²) in [5, 5.41) is 0. The summed E-state index contributed by atoms with van der Waals surface area (Å²) in [6.07, 6.45) is 0. The van der Waals surface area contributed by atoms with Crippen LogP contribution in [0.1, 0.15) is 32.1 Å². The average Bonchev–Trinajstić information content (AvgIpc) is 2.71. The molecule has 2 aromatic carbocycles. The summed E-state index contributed by atoms with van der Waals surface area (Å²) in [4.78, 5) is 33.5. The highest BCUT2D eigenvalue weighted by Gasteiger charge is 2.15. The molecule has 0 aliphatic heterocycles. The van der Waals surface area contributed by atoms with Gasteiger partial charge in [0.2, 0.25) is 0 Å². The van der Waals surface area contributed by atoms with Gasteiger partial charge in [-0.25, -0.2) is 14.8 Å². The Kier molecular flexibility index (Phi) is 5.54. The van der Waals surface area contributed by atoms with E-state index in [0.29, 0.717) is 33.7 Å². The third-order valence-electron chi connectivity index (χ3n) is 4.35. The van der Waals surface area contributed by atoms with E-state index >= 15 is 0 Å². The number of carbonyl (C=O) groups excluding carboxylic acids is 2. The number of hydrogen-bond acceptors (Lipinski definition) is 7. The fourth-order valence-corrected chi connectivity index (χ4v) is 2.67. The number of fused-ring (bicyclic) bond motifs is 1. The number of aryl methyl sites for hydroxylation is 2. The quantitative estimate of drug-likeness (QED) is 0.479. The molecule has 144 valence electrons. The van der Waals surface area contributed by atoms with E-state index in [1.807, 2.05) is 13.8 Å². The maximum absolute atomic E-state index is 12.3. The summed E-state index contributed by atoms with van der Waals surface area (Å²) in [5.41, 5.74) is 3.60. The number of carbonyl (C=O) groups is 2. The summed E-state index contributed by atoms with van der Waals surface area (Å²) in [6.45, 7) is 3.35. The fourth-order valence-electron chi connectivity index (χ4n) is 2.67. The number of Topliss-reactive ketones (excluding diaryl/α,β-unsaturated/α-hetero) is 1. The van der Waals surface area contributed by atoms with Gasteiger partial charge in [0.25, 0.3) is 0 Å². The van der Waals surface area contributed by atoms with E-state index in [0.717, 1.165) is 11.4 Å². The van der Waals surface area contributed by atoms with Crippen LogP contribution in [-0.4, -0.2) is 42.5 Å². The SMILES string of the molecule is COc1ccc(C(=O)COC(=O)c2ccc3nc(C)c(C)nc3c2)cc1OC. The highest BCUT2D eigenvalue weighted by atomic mass is 16.5. The first-order valence-corrected chi connectivity index (χ1v) is 8.60. The minimum absolute atomic E-state index is 0.310. The van der Waals surface area contributed by atoms with Gasteiger partial charge in [-0.15, -0.1) is 0 Å². The molecular weight excluding hydrogens is 360 g/mol. The Morgan fingerprint density at radius 3 is 2.14 bits per heavy atom. The summed E-state index contributed by atoms with van der Waals surface area (Å²) >= 11 is 0. The molecule has 28 heavy (non-hydrogen) atoms. The largest absolute Gasteiger partial charge is 0.493 e. The summed E-state index contributed by atoms with van der Waals surface area (Å²) in [6, 6.07) is 9.69. The van der Waals surface area contributed by atoms with Gasteiger partial charge in [-0.2, -0.15) is 0 Å². The van der Waals surface area contributed by atoms with Crippen LogP contribution in [0.15, 0.2) is 36.4 Å². The molecule has 1 aromatic heterocycles. The van der Waals surface area contributed by atoms with Crippen LogP contribution in [-0.2, 0) is 4.74 Å². The Hall–Kier alpha value is -3.48. The zero-order valence-corrected chi connectivity index (χ0v) is 16.1. The van der Waals surface area contributed by atoms with E-state index in [1.54, 1.807) is 36.4 Å². The minimum atomic E-state index is -0.601. The van der Waals surface area contributed by atoms with Crippen molar-refractivity contribution in [2.75, 3.05) is 20.8 Å². The van der Waals surface area contributed by atoms with Crippen LogP contribution in [0.2, 0.25) is 0 Å². The van der Waals surface area contributed by atoms with Crippen molar-refractivity contribution in [2.45, 2.75) is 13.8 Å². The number of ether oxygens (including phenoxy) is 3. The Bertz CT molecular complexity index is 1060. The van der Waals surface area contributed by atoms with Crippen LogP contribution in [0, 0.1) is 13.8 Å². The molecule has 0 saturated heterocycles. The molecule has 7 nitrogen and oxygen atoms in total. The van der Waals surface area contributed by atoms with Gasteiger partial charge in [-0.1, -0.05) is 0 Å². The molecule has 3 aromatic rings. The van der Waals surface area contributed by atoms with Crippen molar-refractivity contribution in [1.29, 1.82) is 0 Å². The Labute approximate surface area is 162 Å². The van der Waals surface area contributed by atoms with Crippen molar-refractivity contribution in [1.82, 2.24) is 9.97 Å². The Balaban J connectivity index is 1.72. The number of aromatic nitrogens is 2. The highest BCUT2D eigenvalue weighted by molar-refractivity contribution is 6.00. The van der Waals surface area contributed by atoms with Crippen molar-refractivity contribution in [3.8, 4) is 11.5 Å². The van der Waals surface area contributed by atoms with Gasteiger partial charge in [0.1, 0.15) is 0 Å². The molecule has 0 atom stereocenters. The number of methoxy groups -OCH3 is 2. The molecule has 0 N–H and O–H groups in total. The first-order chi connectivity index (χ1) is 13.4. The van der Waals surface area contributed by atoms with Crippen LogP contribution < -0.4 is 9.47 Å². The van der Waals surface area contributed by atoms with E-state index in [9.17, 15) is 9.59 Å². The molecule has 7 heteroatoms. The predicted octanol–water partition coefficient (Wildman–Crippen LogP) is 3.30. The van der Waals surface area contributed by atoms with Gasteiger partial charge in [-0.3, -0.25) is 4.79 Å². The first-order valence-electron chi connectivity index (χ1n) is 8.60. The topological polar surface area (TPSA) is 87.6 Å². The highest BCUT2D eigenvalue weighted by Crippen LogP contribution is 2.27. The molecule has 0 bridgehead atoms. The molecule has 0 radical (unpaired) electrons. The Morgan fingerprint density at radius 1 is 0.821 bits per heavy atom. The standard InChI is InChI=1S/C21H20N2O5/c1-12-13(2)23-17-9-15(5-7-16(17)22-12)21(25)28-11-18(24)14-6-8-19(26-3)20(10-14)27-4/h5-10H,11H2,1-4H3. The number of hydrogen-bond donors (Lipinski definition) is 0. The molecule has 0 amide bonds. The van der Waals surface area contributed by atoms with Crippen molar-refractivity contribution in [3.05, 3.63) is 58.9 Å². The molecule has 0 unspecified atom stereocenters. The lowest BCUT2D eigenvalue weighted by Gasteiger charge is -2.09. The van der Waals surface area contributed by atoms with E-state index < -0.39 is 5.97 Å². The first kappa shape index (κ1) is 19.3. The van der Waals surface area contributed by atoms with E-state index in [2.05, 4.69) is 9.97 Å². The second-order valence-electron chi connectivity index (χ2n) is 6.17. The molecule has 0 aliphatic rings. The van der Waals surface area contributed by atoms with Crippen molar-refractivity contribution >= 4 is 22.8 Å². The maximum atomic E-state index is 12.3. The zero-order chi connectivity index (χ0) is 20.3. The van der Waals surface area contributed by atoms with Crippen LogP contribution in [0.5, 0.6) is 11.5 Å². The van der Waals surface area contributed by atoms with Crippen molar-refractivity contribution < 1.29 is 23.8 Å². The number of ketones is 1. The second-order valence-corrected chi connectivity index (χ2v) is 6.17. The third-order valence-corrected chi connectivity index (χ3v) is 4.35. The third kappa shape index (κ3) is 3.93. The summed E-state index contributed by atoms with van der Waals surface area (Å²) < 4.78 is 15.5. The van der Waals surface area contributed by atoms with Crippen LogP contribution in [0.25, 0.3) is 11.0 Å². The van der Waals surface area contributed by atoms with Gasteiger partial charge in [0.05, 0.1) is 42.2 Å². The zero-order valence-electron chi connectivity index (χ0n) is 16.1. The lowest BCUT2D eigenvalue weighted by Crippen LogP contribution is -2.14. The number of nitrogens with zero attached hydrogens (tertiary/aromatic N) is 2. The van der Waals surface area contributed by atoms with Gasteiger partial charge in [-0.05, 0) is 50.2 Å². The molecule has 0 spiro atoms. The molecule has 1 heterocycles. The molecule has 0 aliphatic carbocycles. The number of esters is 1. The summed E-state index contributed by atoms with van der Waals surface area (Å²) in [5.74, 6) is -0.00519. The predicted molar refractivity (Wildman–Crippen MR) is 103 cm³/mol. The molecule has 0 fully saturated rings. The minimum Gasteiger partial charge on any atom is -0.493 e. The van der Waals surface area contributed by atoms with Gasteiger partial charge in [0.15, 0.2) is 23.9 Å². The smallest absolute Gasteiger partial charge is 0.338 e. The van der Waals surface area contributed by atoms with Crippen molar-refractivity contribution in [3.63, 3.8) is 0 Å². The number of benzene rings is 2. The monoisotopic (exact) mass is 380 g/mol. The van der Waals surface area contributed by atoms with E-state index in [4.69, 9.17) is 14.2 Å². The Morgan fingerprint density at radius 2 is 1.46 bits per heavy atom. The maximum Gasteiger partial charge on any atom is 0.338 e. The van der Waals surface area contributed by atoms with Gasteiger partial charge >= 0.3 is 5.97 Å². The van der Waals surface area contributed by atoms with Crippen LogP contribution >= 0.6 is 0 Å². The normalized spacial score (nSPS) is 10.6. The van der Waals surface area contributed by atoms with Gasteiger partial charge in [0, 0.05) is 5.56 Å². The fraction of sp³-hybridized carbons (Fsp3) is 0.238. The van der Waals surface area contributed by atoms with E-state index in [-0.39, 0.29) is 12.4 Å². The van der Waals surface area contributed by atoms with E-state index in [1.165, 1.54) is 14.2 Å². The summed E-state index contributed by atoms with van der Waals surface area (Å²) in [7, 11) is 3.00. The average molecular weight is 380 g/mol. The van der Waals surface area contributed by atoms with Crippen LogP contribution in [0.3, 0.4) is 0 Å². The van der Waals surface area contributed by atoms with Crippen LogP contribution in [0.4, 0.5) is 0 Å². The molecule has 0 saturated carbocycles. The molecule has 3 rings (SSSR count). The molecular formula is C21H20N2O5. The van der Waals surface area contributed by atoms with Crippen molar-refractivity contribution in [2.24, 2.45) is 0 Å². The lowest BCUT2D eigenvalue weighted by molar-refractivity contribution is 0.0475. The second kappa shape index (κ2) is 8.04. The van der Waals surface area contributed by atoms with Gasteiger partial charge < -0.3 is 14.2 Å². The number of rotatable bonds is 6. The lowest BCUT2D eigenvalue weighted by atomic mass is 10.1.